The van der Waals surface area contributed by atoms with E-state index in [0.29, 0.717) is 23.5 Å². The third-order valence-corrected chi connectivity index (χ3v) is 3.37. The molecule has 2 atom stereocenters. The predicted octanol–water partition coefficient (Wildman–Crippen LogP) is 1.04. The van der Waals surface area contributed by atoms with E-state index in [1.807, 2.05) is 6.92 Å². The summed E-state index contributed by atoms with van der Waals surface area (Å²) in [7, 11) is 0. The summed E-state index contributed by atoms with van der Waals surface area (Å²) in [6, 6.07) is 2.63. The van der Waals surface area contributed by atoms with Crippen molar-refractivity contribution in [3.63, 3.8) is 0 Å². The number of amides is 1. The van der Waals surface area contributed by atoms with Gasteiger partial charge < -0.3 is 16.4 Å². The number of pyridine rings is 1. The monoisotopic (exact) mass is 248 g/mol. The van der Waals surface area contributed by atoms with Crippen LogP contribution in [-0.2, 0) is 0 Å². The lowest BCUT2D eigenvalue weighted by Crippen LogP contribution is -2.41. The fraction of sp³-hybridized carbons (Fsp3) is 0.538. The summed E-state index contributed by atoms with van der Waals surface area (Å²) in [5, 5.41) is 6.74. The van der Waals surface area contributed by atoms with E-state index in [9.17, 15) is 4.79 Å². The summed E-state index contributed by atoms with van der Waals surface area (Å²) >= 11 is 0. The Labute approximate surface area is 107 Å². The Balaban J connectivity index is 2.18. The number of nitrogens with one attached hydrogen (secondary N) is 2. The van der Waals surface area contributed by atoms with Crippen LogP contribution in [0.25, 0.3) is 0 Å². The zero-order chi connectivity index (χ0) is 13.1. The number of rotatable bonds is 3. The summed E-state index contributed by atoms with van der Waals surface area (Å²) in [4.78, 5) is 15.7. The lowest BCUT2D eigenvalue weighted by atomic mass is 10.00. The summed E-state index contributed by atoms with van der Waals surface area (Å²) in [5.74, 6) is 0.187. The SMILES string of the molecule is Cc1ccnc(NC2CCNC(C)C2)c1C(N)=O. The highest BCUT2D eigenvalue weighted by Crippen LogP contribution is 2.20. The lowest BCUT2D eigenvalue weighted by Gasteiger charge is -2.29. The van der Waals surface area contributed by atoms with E-state index >= 15 is 0 Å². The van der Waals surface area contributed by atoms with Gasteiger partial charge in [0.25, 0.3) is 5.91 Å². The highest BCUT2D eigenvalue weighted by molar-refractivity contribution is 5.99. The molecule has 0 radical (unpaired) electrons. The van der Waals surface area contributed by atoms with Crippen LogP contribution in [0.3, 0.4) is 0 Å². The van der Waals surface area contributed by atoms with E-state index in [1.54, 1.807) is 12.3 Å². The molecule has 2 heterocycles. The van der Waals surface area contributed by atoms with E-state index in [4.69, 9.17) is 5.73 Å². The van der Waals surface area contributed by atoms with Gasteiger partial charge in [-0.25, -0.2) is 4.98 Å². The Kier molecular flexibility index (Phi) is 3.81. The average molecular weight is 248 g/mol. The van der Waals surface area contributed by atoms with Crippen LogP contribution in [0.2, 0.25) is 0 Å². The van der Waals surface area contributed by atoms with Crippen LogP contribution in [0.5, 0.6) is 0 Å². The van der Waals surface area contributed by atoms with Gasteiger partial charge >= 0.3 is 0 Å². The minimum atomic E-state index is -0.426. The number of aromatic nitrogens is 1. The van der Waals surface area contributed by atoms with Crippen LogP contribution in [0.1, 0.15) is 35.7 Å². The minimum Gasteiger partial charge on any atom is -0.367 e. The Hall–Kier alpha value is -1.62. The second kappa shape index (κ2) is 5.35. The first kappa shape index (κ1) is 12.8. The largest absolute Gasteiger partial charge is 0.367 e. The maximum Gasteiger partial charge on any atom is 0.252 e. The topological polar surface area (TPSA) is 80.0 Å². The fourth-order valence-corrected chi connectivity index (χ4v) is 2.44. The average Bonchev–Trinajstić information content (AvgIpc) is 2.28. The maximum atomic E-state index is 11.5. The van der Waals surface area contributed by atoms with Crippen LogP contribution in [-0.4, -0.2) is 29.5 Å². The van der Waals surface area contributed by atoms with Gasteiger partial charge in [0.15, 0.2) is 0 Å². The first-order chi connectivity index (χ1) is 8.58. The van der Waals surface area contributed by atoms with Gasteiger partial charge in [-0.2, -0.15) is 0 Å². The molecule has 4 N–H and O–H groups in total. The van der Waals surface area contributed by atoms with Crippen molar-refractivity contribution < 1.29 is 4.79 Å². The number of nitrogens with two attached hydrogens (primary N) is 1. The van der Waals surface area contributed by atoms with Crippen molar-refractivity contribution in [2.45, 2.75) is 38.8 Å². The maximum absolute atomic E-state index is 11.5. The molecule has 2 unspecified atom stereocenters. The van der Waals surface area contributed by atoms with Gasteiger partial charge in [0, 0.05) is 18.3 Å². The number of carbonyl (C=O) groups excluding carboxylic acids is 1. The first-order valence-electron chi connectivity index (χ1n) is 6.33. The number of primary amides is 1. The molecular formula is C13H20N4O. The molecular weight excluding hydrogens is 228 g/mol. The van der Waals surface area contributed by atoms with Gasteiger partial charge in [0.05, 0.1) is 5.56 Å². The van der Waals surface area contributed by atoms with Crippen molar-refractivity contribution in [1.82, 2.24) is 10.3 Å². The Morgan fingerprint density at radius 2 is 2.39 bits per heavy atom. The summed E-state index contributed by atoms with van der Waals surface area (Å²) in [6.45, 7) is 5.01. The second-order valence-electron chi connectivity index (χ2n) is 4.94. The van der Waals surface area contributed by atoms with Gasteiger partial charge in [-0.1, -0.05) is 0 Å². The molecule has 1 amide bonds. The third kappa shape index (κ3) is 2.79. The molecule has 0 spiro atoms. The number of nitrogens with zero attached hydrogens (tertiary/aromatic N) is 1. The molecule has 0 aliphatic carbocycles. The zero-order valence-electron chi connectivity index (χ0n) is 10.9. The quantitative estimate of drug-likeness (QED) is 0.746. The molecule has 1 aliphatic heterocycles. The molecule has 0 saturated carbocycles. The number of hydrogen-bond donors (Lipinski definition) is 3. The molecule has 5 heteroatoms. The molecule has 5 nitrogen and oxygen atoms in total. The van der Waals surface area contributed by atoms with Crippen LogP contribution >= 0.6 is 0 Å². The van der Waals surface area contributed by atoms with Gasteiger partial charge in [-0.3, -0.25) is 4.79 Å². The van der Waals surface area contributed by atoms with Crippen molar-refractivity contribution in [3.8, 4) is 0 Å². The lowest BCUT2D eigenvalue weighted by molar-refractivity contribution is 0.1000. The summed E-state index contributed by atoms with van der Waals surface area (Å²) in [5.41, 5.74) is 6.78. The molecule has 2 rings (SSSR count). The molecule has 1 aliphatic rings. The second-order valence-corrected chi connectivity index (χ2v) is 4.94. The van der Waals surface area contributed by atoms with Gasteiger partial charge in [-0.15, -0.1) is 0 Å². The highest BCUT2D eigenvalue weighted by atomic mass is 16.1. The minimum absolute atomic E-state index is 0.341. The van der Waals surface area contributed by atoms with E-state index in [-0.39, 0.29) is 0 Å². The number of anilines is 1. The van der Waals surface area contributed by atoms with Crippen molar-refractivity contribution in [3.05, 3.63) is 23.4 Å². The van der Waals surface area contributed by atoms with Crippen molar-refractivity contribution in [1.29, 1.82) is 0 Å². The van der Waals surface area contributed by atoms with Crippen molar-refractivity contribution in [2.24, 2.45) is 5.73 Å². The Bertz CT molecular complexity index is 447. The predicted molar refractivity (Wildman–Crippen MR) is 71.6 cm³/mol. The normalized spacial score (nSPS) is 23.7. The van der Waals surface area contributed by atoms with Crippen molar-refractivity contribution >= 4 is 11.7 Å². The number of hydrogen-bond acceptors (Lipinski definition) is 4. The standard InChI is InChI=1S/C13H20N4O/c1-8-3-5-16-13(11(8)12(14)18)17-10-4-6-15-9(2)7-10/h3,5,9-10,15H,4,6-7H2,1-2H3,(H2,14,18)(H,16,17). The summed E-state index contributed by atoms with van der Waals surface area (Å²) < 4.78 is 0. The number of aryl methyl sites for hydroxylation is 1. The zero-order valence-corrected chi connectivity index (χ0v) is 10.9. The third-order valence-electron chi connectivity index (χ3n) is 3.37. The van der Waals surface area contributed by atoms with Crippen LogP contribution < -0.4 is 16.4 Å². The van der Waals surface area contributed by atoms with Crippen LogP contribution in [0, 0.1) is 6.92 Å². The Morgan fingerprint density at radius 3 is 3.06 bits per heavy atom. The highest BCUT2D eigenvalue weighted by Gasteiger charge is 2.21. The molecule has 1 fully saturated rings. The van der Waals surface area contributed by atoms with Crippen LogP contribution in [0.4, 0.5) is 5.82 Å². The van der Waals surface area contributed by atoms with E-state index < -0.39 is 5.91 Å². The molecule has 0 bridgehead atoms. The van der Waals surface area contributed by atoms with Crippen LogP contribution in [0.15, 0.2) is 12.3 Å². The van der Waals surface area contributed by atoms with E-state index in [0.717, 1.165) is 24.9 Å². The van der Waals surface area contributed by atoms with Crippen molar-refractivity contribution in [2.75, 3.05) is 11.9 Å². The Morgan fingerprint density at radius 1 is 1.61 bits per heavy atom. The van der Waals surface area contributed by atoms with Gasteiger partial charge in [-0.05, 0) is 44.9 Å². The molecule has 98 valence electrons. The molecule has 1 aromatic heterocycles. The first-order valence-corrected chi connectivity index (χ1v) is 6.33. The summed E-state index contributed by atoms with van der Waals surface area (Å²) in [6.07, 6.45) is 3.75. The molecule has 18 heavy (non-hydrogen) atoms. The molecule has 0 aromatic carbocycles. The molecule has 1 aromatic rings. The molecule has 1 saturated heterocycles. The van der Waals surface area contributed by atoms with E-state index in [1.165, 1.54) is 0 Å². The number of carbonyl (C=O) groups is 1. The fourth-order valence-electron chi connectivity index (χ4n) is 2.44. The van der Waals surface area contributed by atoms with Gasteiger partial charge in [0.1, 0.15) is 5.82 Å². The van der Waals surface area contributed by atoms with Gasteiger partial charge in [0.2, 0.25) is 0 Å². The number of piperidine rings is 1. The smallest absolute Gasteiger partial charge is 0.252 e. The van der Waals surface area contributed by atoms with E-state index in [2.05, 4.69) is 22.5 Å².